The van der Waals surface area contributed by atoms with Crippen LogP contribution in [0.25, 0.3) is 11.3 Å². The molecule has 3 aromatic rings. The Bertz CT molecular complexity index is 937. The lowest BCUT2D eigenvalue weighted by molar-refractivity contribution is 0.0726. The molecule has 0 N–H and O–H groups in total. The zero-order chi connectivity index (χ0) is 20.1. The average molecular weight is 375 g/mol. The molecule has 0 unspecified atom stereocenters. The van der Waals surface area contributed by atoms with Crippen LogP contribution in [0.5, 0.6) is 5.75 Å². The maximum Gasteiger partial charge on any atom is 0.254 e. The highest BCUT2D eigenvalue weighted by Gasteiger charge is 2.22. The van der Waals surface area contributed by atoms with E-state index in [4.69, 9.17) is 4.74 Å². The van der Waals surface area contributed by atoms with Gasteiger partial charge in [-0.3, -0.25) is 4.79 Å². The van der Waals surface area contributed by atoms with E-state index in [0.29, 0.717) is 5.56 Å². The van der Waals surface area contributed by atoms with Gasteiger partial charge in [0, 0.05) is 18.2 Å². The number of rotatable bonds is 6. The van der Waals surface area contributed by atoms with Gasteiger partial charge >= 0.3 is 0 Å². The number of hydrogen-bond donors (Lipinski definition) is 0. The fourth-order valence-electron chi connectivity index (χ4n) is 3.27. The highest BCUT2D eigenvalue weighted by molar-refractivity contribution is 5.95. The Balaban J connectivity index is 1.85. The van der Waals surface area contributed by atoms with Crippen molar-refractivity contribution in [2.45, 2.75) is 26.3 Å². The summed E-state index contributed by atoms with van der Waals surface area (Å²) < 4.78 is 5.23. The monoisotopic (exact) mass is 375 g/mol. The van der Waals surface area contributed by atoms with E-state index >= 15 is 0 Å². The van der Waals surface area contributed by atoms with E-state index in [-0.39, 0.29) is 11.9 Å². The minimum atomic E-state index is -0.0235. The van der Waals surface area contributed by atoms with Gasteiger partial charge in [0.1, 0.15) is 5.75 Å². The van der Waals surface area contributed by atoms with Gasteiger partial charge in [0.15, 0.2) is 0 Å². The lowest BCUT2D eigenvalue weighted by atomic mass is 10.0. The van der Waals surface area contributed by atoms with Crippen LogP contribution in [0.3, 0.4) is 0 Å². The van der Waals surface area contributed by atoms with E-state index in [1.54, 1.807) is 12.0 Å². The van der Waals surface area contributed by atoms with Crippen LogP contribution >= 0.6 is 0 Å². The molecule has 0 saturated carbocycles. The summed E-state index contributed by atoms with van der Waals surface area (Å²) in [5, 5.41) is 8.33. The molecule has 5 heteroatoms. The third-order valence-electron chi connectivity index (χ3n) is 4.88. The molecule has 0 aliphatic rings. The van der Waals surface area contributed by atoms with Crippen LogP contribution in [0, 0.1) is 6.92 Å². The highest BCUT2D eigenvalue weighted by atomic mass is 16.5. The summed E-state index contributed by atoms with van der Waals surface area (Å²) >= 11 is 0. The van der Waals surface area contributed by atoms with Gasteiger partial charge in [-0.05, 0) is 55.3 Å². The molecule has 28 heavy (non-hydrogen) atoms. The van der Waals surface area contributed by atoms with Crippen molar-refractivity contribution in [2.75, 3.05) is 14.2 Å². The first-order chi connectivity index (χ1) is 13.5. The second kappa shape index (κ2) is 8.65. The Labute approximate surface area is 166 Å². The fraction of sp³-hybridized carbons (Fsp3) is 0.261. The van der Waals surface area contributed by atoms with Crippen LogP contribution in [0.4, 0.5) is 0 Å². The molecule has 0 aliphatic carbocycles. The van der Waals surface area contributed by atoms with Crippen molar-refractivity contribution in [1.82, 2.24) is 15.1 Å². The van der Waals surface area contributed by atoms with Gasteiger partial charge in [-0.25, -0.2) is 0 Å². The molecule has 3 rings (SSSR count). The van der Waals surface area contributed by atoms with Crippen LogP contribution in [-0.2, 0) is 0 Å². The van der Waals surface area contributed by atoms with Crippen molar-refractivity contribution >= 4 is 5.91 Å². The molecule has 0 fully saturated rings. The molecule has 1 atom stereocenters. The van der Waals surface area contributed by atoms with Gasteiger partial charge in [-0.15, -0.1) is 0 Å². The molecule has 1 amide bonds. The number of nitrogens with zero attached hydrogens (tertiary/aromatic N) is 3. The van der Waals surface area contributed by atoms with Gasteiger partial charge in [0.05, 0.1) is 24.5 Å². The second-order valence-corrected chi connectivity index (χ2v) is 6.75. The lowest BCUT2D eigenvalue weighted by Crippen LogP contribution is -2.31. The number of aromatic nitrogens is 2. The molecule has 0 bridgehead atoms. The van der Waals surface area contributed by atoms with Crippen LogP contribution in [0.15, 0.2) is 60.7 Å². The maximum atomic E-state index is 13.1. The predicted molar refractivity (Wildman–Crippen MR) is 110 cm³/mol. The molecule has 1 heterocycles. The Morgan fingerprint density at radius 2 is 1.82 bits per heavy atom. The number of benzene rings is 2. The number of aryl methyl sites for hydroxylation is 1. The van der Waals surface area contributed by atoms with Gasteiger partial charge in [0.2, 0.25) is 0 Å². The summed E-state index contributed by atoms with van der Waals surface area (Å²) in [5.41, 5.74) is 4.21. The molecule has 0 spiro atoms. The lowest BCUT2D eigenvalue weighted by Gasteiger charge is -2.28. The Morgan fingerprint density at radius 1 is 1.07 bits per heavy atom. The molecule has 0 aliphatic heterocycles. The van der Waals surface area contributed by atoms with E-state index < -0.39 is 0 Å². The summed E-state index contributed by atoms with van der Waals surface area (Å²) in [5.74, 6) is 0.782. The van der Waals surface area contributed by atoms with E-state index in [0.717, 1.165) is 34.7 Å². The summed E-state index contributed by atoms with van der Waals surface area (Å²) in [6.45, 7) is 3.98. The standard InChI is InChI=1S/C23H25N3O2/c1-5-22(17-10-12-20(28-4)13-11-17)26(3)23(27)19-8-6-7-18(15-19)21-14-9-16(2)24-25-21/h6-15,22H,5H2,1-4H3/t22-/m0/s1. The number of methoxy groups -OCH3 is 1. The first-order valence-corrected chi connectivity index (χ1v) is 9.35. The van der Waals surface area contributed by atoms with E-state index in [2.05, 4.69) is 17.1 Å². The third kappa shape index (κ3) is 4.19. The third-order valence-corrected chi connectivity index (χ3v) is 4.88. The summed E-state index contributed by atoms with van der Waals surface area (Å²) in [4.78, 5) is 14.9. The summed E-state index contributed by atoms with van der Waals surface area (Å²) in [7, 11) is 3.49. The Kier molecular flexibility index (Phi) is 6.04. The van der Waals surface area contributed by atoms with Crippen molar-refractivity contribution in [3.63, 3.8) is 0 Å². The molecule has 5 nitrogen and oxygen atoms in total. The van der Waals surface area contributed by atoms with Crippen molar-refractivity contribution < 1.29 is 9.53 Å². The first-order valence-electron chi connectivity index (χ1n) is 9.35. The zero-order valence-corrected chi connectivity index (χ0v) is 16.7. The minimum Gasteiger partial charge on any atom is -0.497 e. The van der Waals surface area contributed by atoms with Gasteiger partial charge in [-0.1, -0.05) is 31.2 Å². The van der Waals surface area contributed by atoms with Crippen molar-refractivity contribution in [3.05, 3.63) is 77.5 Å². The van der Waals surface area contributed by atoms with Crippen molar-refractivity contribution in [1.29, 1.82) is 0 Å². The Morgan fingerprint density at radius 3 is 2.43 bits per heavy atom. The SMILES string of the molecule is CC[C@@H](c1ccc(OC)cc1)N(C)C(=O)c1cccc(-c2ccc(C)nn2)c1. The highest BCUT2D eigenvalue weighted by Crippen LogP contribution is 2.27. The van der Waals surface area contributed by atoms with Gasteiger partial charge in [-0.2, -0.15) is 10.2 Å². The molecule has 1 aromatic heterocycles. The zero-order valence-electron chi connectivity index (χ0n) is 16.7. The normalized spacial score (nSPS) is 11.7. The molecule has 144 valence electrons. The van der Waals surface area contributed by atoms with Crippen LogP contribution < -0.4 is 4.74 Å². The average Bonchev–Trinajstić information content (AvgIpc) is 2.74. The van der Waals surface area contributed by atoms with Crippen LogP contribution in [0.2, 0.25) is 0 Å². The Hall–Kier alpha value is -3.21. The van der Waals surface area contributed by atoms with E-state index in [1.165, 1.54) is 0 Å². The first kappa shape index (κ1) is 19.5. The van der Waals surface area contributed by atoms with E-state index in [1.807, 2.05) is 74.6 Å². The number of carbonyl (C=O) groups is 1. The van der Waals surface area contributed by atoms with Crippen molar-refractivity contribution in [3.8, 4) is 17.0 Å². The number of hydrogen-bond acceptors (Lipinski definition) is 4. The molecular weight excluding hydrogens is 350 g/mol. The fourth-order valence-corrected chi connectivity index (χ4v) is 3.27. The second-order valence-electron chi connectivity index (χ2n) is 6.75. The molecule has 0 radical (unpaired) electrons. The summed E-state index contributed by atoms with van der Waals surface area (Å²) in [6.07, 6.45) is 0.817. The smallest absolute Gasteiger partial charge is 0.254 e. The topological polar surface area (TPSA) is 55.3 Å². The number of amides is 1. The van der Waals surface area contributed by atoms with Gasteiger partial charge < -0.3 is 9.64 Å². The quantitative estimate of drug-likeness (QED) is 0.627. The van der Waals surface area contributed by atoms with Crippen molar-refractivity contribution in [2.24, 2.45) is 0 Å². The molecular formula is C23H25N3O2. The van der Waals surface area contributed by atoms with Crippen LogP contribution in [0.1, 0.15) is 41.0 Å². The summed E-state index contributed by atoms with van der Waals surface area (Å²) in [6, 6.07) is 19.2. The number of carbonyl (C=O) groups excluding carboxylic acids is 1. The molecule has 0 saturated heterocycles. The van der Waals surface area contributed by atoms with E-state index in [9.17, 15) is 4.79 Å². The molecule has 2 aromatic carbocycles. The van der Waals surface area contributed by atoms with Crippen LogP contribution in [-0.4, -0.2) is 35.2 Å². The predicted octanol–water partition coefficient (Wildman–Crippen LogP) is 4.68. The minimum absolute atomic E-state index is 0.0128. The maximum absolute atomic E-state index is 13.1. The number of ether oxygens (including phenoxy) is 1. The largest absolute Gasteiger partial charge is 0.497 e. The van der Waals surface area contributed by atoms with Gasteiger partial charge in [0.25, 0.3) is 5.91 Å².